The van der Waals surface area contributed by atoms with Crippen molar-refractivity contribution in [3.8, 4) is 5.75 Å². The first-order valence-corrected chi connectivity index (χ1v) is 8.47. The van der Waals surface area contributed by atoms with Crippen molar-refractivity contribution in [3.63, 3.8) is 0 Å². The van der Waals surface area contributed by atoms with E-state index in [1.54, 1.807) is 0 Å². The smallest absolute Gasteiger partial charge is 0.123 e. The van der Waals surface area contributed by atoms with Crippen molar-refractivity contribution in [2.75, 3.05) is 13.2 Å². The van der Waals surface area contributed by atoms with E-state index in [4.69, 9.17) is 4.74 Å². The summed E-state index contributed by atoms with van der Waals surface area (Å²) in [5, 5.41) is 13.7. The molecule has 0 aliphatic rings. The van der Waals surface area contributed by atoms with E-state index in [0.29, 0.717) is 19.0 Å². The van der Waals surface area contributed by atoms with Crippen molar-refractivity contribution in [1.82, 2.24) is 5.32 Å². The molecule has 0 saturated carbocycles. The summed E-state index contributed by atoms with van der Waals surface area (Å²) in [4.78, 5) is 0. The van der Waals surface area contributed by atoms with Gasteiger partial charge in [-0.15, -0.1) is 0 Å². The lowest BCUT2D eigenvalue weighted by atomic mass is 9.94. The highest BCUT2D eigenvalue weighted by molar-refractivity contribution is 9.10. The van der Waals surface area contributed by atoms with Crippen LogP contribution in [0.4, 0.5) is 0 Å². The summed E-state index contributed by atoms with van der Waals surface area (Å²) in [5.74, 6) is 1.40. The Balaban J connectivity index is 2.59. The van der Waals surface area contributed by atoms with Gasteiger partial charge in [-0.1, -0.05) is 36.7 Å². The zero-order valence-corrected chi connectivity index (χ0v) is 15.2. The zero-order chi connectivity index (χ0) is 15.9. The van der Waals surface area contributed by atoms with Crippen LogP contribution in [0, 0.1) is 5.92 Å². The van der Waals surface area contributed by atoms with Gasteiger partial charge >= 0.3 is 0 Å². The molecule has 0 aliphatic carbocycles. The summed E-state index contributed by atoms with van der Waals surface area (Å²) < 4.78 is 6.80. The minimum atomic E-state index is -0.676. The van der Waals surface area contributed by atoms with E-state index in [0.717, 1.165) is 35.2 Å². The largest absolute Gasteiger partial charge is 0.493 e. The number of halogens is 1. The molecule has 0 spiro atoms. The molecule has 0 radical (unpaired) electrons. The number of benzene rings is 1. The number of nitrogens with one attached hydrogen (secondary N) is 1. The third-order valence-corrected chi connectivity index (χ3v) is 3.65. The second-order valence-corrected chi connectivity index (χ2v) is 7.21. The molecule has 0 aromatic heterocycles. The lowest BCUT2D eigenvalue weighted by molar-refractivity contribution is 0.0383. The van der Waals surface area contributed by atoms with E-state index >= 15 is 0 Å². The Kier molecular flexibility index (Phi) is 7.71. The third kappa shape index (κ3) is 7.30. The van der Waals surface area contributed by atoms with Crippen molar-refractivity contribution in [3.05, 3.63) is 28.2 Å². The predicted octanol–water partition coefficient (Wildman–Crippen LogP) is 4.12. The van der Waals surface area contributed by atoms with E-state index in [1.807, 2.05) is 19.1 Å². The minimum Gasteiger partial charge on any atom is -0.493 e. The first kappa shape index (κ1) is 18.5. The summed E-state index contributed by atoms with van der Waals surface area (Å²) in [6.45, 7) is 10.2. The number of rotatable bonds is 9. The third-order valence-electron chi connectivity index (χ3n) is 3.15. The van der Waals surface area contributed by atoms with Gasteiger partial charge in [0.05, 0.1) is 12.2 Å². The Morgan fingerprint density at radius 2 is 2.10 bits per heavy atom. The van der Waals surface area contributed by atoms with Gasteiger partial charge in [-0.3, -0.25) is 0 Å². The molecule has 120 valence electrons. The second-order valence-electron chi connectivity index (χ2n) is 6.30. The quantitative estimate of drug-likeness (QED) is 0.698. The Morgan fingerprint density at radius 3 is 2.71 bits per heavy atom. The van der Waals surface area contributed by atoms with Crippen molar-refractivity contribution in [2.45, 2.75) is 52.7 Å². The molecule has 1 unspecified atom stereocenters. The van der Waals surface area contributed by atoms with Crippen LogP contribution in [0.2, 0.25) is 0 Å². The molecule has 3 nitrogen and oxygen atoms in total. The molecule has 0 heterocycles. The van der Waals surface area contributed by atoms with Gasteiger partial charge in [0.1, 0.15) is 5.75 Å². The highest BCUT2D eigenvalue weighted by Gasteiger charge is 2.21. The van der Waals surface area contributed by atoms with Crippen LogP contribution in [0.1, 0.15) is 46.1 Å². The molecule has 0 fully saturated rings. The van der Waals surface area contributed by atoms with Crippen molar-refractivity contribution < 1.29 is 9.84 Å². The first-order chi connectivity index (χ1) is 9.84. The molecule has 1 atom stereocenters. The average Bonchev–Trinajstić information content (AvgIpc) is 2.36. The van der Waals surface area contributed by atoms with Crippen LogP contribution < -0.4 is 10.1 Å². The molecule has 0 saturated heterocycles. The summed E-state index contributed by atoms with van der Waals surface area (Å²) in [6, 6.07) is 6.04. The van der Waals surface area contributed by atoms with Crippen molar-refractivity contribution in [1.29, 1.82) is 0 Å². The maximum atomic E-state index is 10.3. The first-order valence-electron chi connectivity index (χ1n) is 7.68. The topological polar surface area (TPSA) is 41.5 Å². The average molecular weight is 358 g/mol. The SMILES string of the molecule is CCCOc1ccc(Br)cc1CNCC(C)(O)CC(C)C. The molecule has 0 bridgehead atoms. The molecule has 2 N–H and O–H groups in total. The number of hydrogen-bond donors (Lipinski definition) is 2. The maximum absolute atomic E-state index is 10.3. The lowest BCUT2D eigenvalue weighted by Gasteiger charge is -2.26. The number of aliphatic hydroxyl groups is 1. The molecular weight excluding hydrogens is 330 g/mol. The molecule has 1 aromatic rings. The number of hydrogen-bond acceptors (Lipinski definition) is 3. The summed E-state index contributed by atoms with van der Waals surface area (Å²) in [7, 11) is 0. The van der Waals surface area contributed by atoms with Gasteiger partial charge in [-0.2, -0.15) is 0 Å². The van der Waals surface area contributed by atoms with Crippen molar-refractivity contribution >= 4 is 15.9 Å². The van der Waals surface area contributed by atoms with E-state index < -0.39 is 5.60 Å². The predicted molar refractivity (Wildman–Crippen MR) is 91.7 cm³/mol. The van der Waals surface area contributed by atoms with Crippen LogP contribution in [0.3, 0.4) is 0 Å². The van der Waals surface area contributed by atoms with Gasteiger partial charge in [0, 0.05) is 23.1 Å². The fourth-order valence-corrected chi connectivity index (χ4v) is 2.87. The fraction of sp³-hybridized carbons (Fsp3) is 0.647. The summed E-state index contributed by atoms with van der Waals surface area (Å²) in [5.41, 5.74) is 0.433. The van der Waals surface area contributed by atoms with Gasteiger partial charge in [-0.05, 0) is 43.9 Å². The summed E-state index contributed by atoms with van der Waals surface area (Å²) >= 11 is 3.50. The molecule has 0 aliphatic heterocycles. The van der Waals surface area contributed by atoms with Gasteiger partial charge in [0.2, 0.25) is 0 Å². The summed E-state index contributed by atoms with van der Waals surface area (Å²) in [6.07, 6.45) is 1.78. The van der Waals surface area contributed by atoms with Gasteiger partial charge in [-0.25, -0.2) is 0 Å². The molecule has 21 heavy (non-hydrogen) atoms. The molecule has 4 heteroatoms. The van der Waals surface area contributed by atoms with Gasteiger partial charge in [0.25, 0.3) is 0 Å². The molecule has 1 rings (SSSR count). The van der Waals surface area contributed by atoms with Crippen LogP contribution in [0.25, 0.3) is 0 Å². The normalized spacial score (nSPS) is 14.2. The fourth-order valence-electron chi connectivity index (χ4n) is 2.46. The van der Waals surface area contributed by atoms with Crippen LogP contribution in [-0.2, 0) is 6.54 Å². The monoisotopic (exact) mass is 357 g/mol. The molecule has 1 aromatic carbocycles. The number of ether oxygens (including phenoxy) is 1. The molecule has 0 amide bonds. The lowest BCUT2D eigenvalue weighted by Crippen LogP contribution is -2.38. The zero-order valence-electron chi connectivity index (χ0n) is 13.6. The Morgan fingerprint density at radius 1 is 1.38 bits per heavy atom. The Bertz CT molecular complexity index is 433. The van der Waals surface area contributed by atoms with E-state index in [-0.39, 0.29) is 0 Å². The Hall–Kier alpha value is -0.580. The van der Waals surface area contributed by atoms with E-state index in [1.165, 1.54) is 0 Å². The van der Waals surface area contributed by atoms with Crippen LogP contribution in [0.15, 0.2) is 22.7 Å². The van der Waals surface area contributed by atoms with Gasteiger partial charge < -0.3 is 15.2 Å². The van der Waals surface area contributed by atoms with Crippen LogP contribution in [0.5, 0.6) is 5.75 Å². The maximum Gasteiger partial charge on any atom is 0.123 e. The Labute approximate surface area is 137 Å². The van der Waals surface area contributed by atoms with Crippen molar-refractivity contribution in [2.24, 2.45) is 5.92 Å². The van der Waals surface area contributed by atoms with E-state index in [9.17, 15) is 5.11 Å². The standard InChI is InChI=1S/C17H28BrNO2/c1-5-8-21-16-7-6-15(18)9-14(16)11-19-12-17(4,20)10-13(2)3/h6-7,9,13,19-20H,5,8,10-12H2,1-4H3. The van der Waals surface area contributed by atoms with Gasteiger partial charge in [0.15, 0.2) is 0 Å². The van der Waals surface area contributed by atoms with E-state index in [2.05, 4.69) is 48.1 Å². The second kappa shape index (κ2) is 8.76. The highest BCUT2D eigenvalue weighted by atomic mass is 79.9. The van der Waals surface area contributed by atoms with Crippen LogP contribution in [-0.4, -0.2) is 23.9 Å². The molecular formula is C17H28BrNO2. The highest BCUT2D eigenvalue weighted by Crippen LogP contribution is 2.24. The minimum absolute atomic E-state index is 0.483. The van der Waals surface area contributed by atoms with Crippen LogP contribution >= 0.6 is 15.9 Å².